The van der Waals surface area contributed by atoms with Crippen LogP contribution in [0.5, 0.6) is 5.75 Å². The second-order valence-corrected chi connectivity index (χ2v) is 8.61. The number of anilines is 3. The predicted octanol–water partition coefficient (Wildman–Crippen LogP) is 3.46. The van der Waals surface area contributed by atoms with Crippen molar-refractivity contribution in [1.29, 1.82) is 0 Å². The summed E-state index contributed by atoms with van der Waals surface area (Å²) in [5.74, 6) is -0.720. The van der Waals surface area contributed by atoms with E-state index >= 15 is 0 Å². The largest absolute Gasteiger partial charge is 0.497 e. The Morgan fingerprint density at radius 2 is 1.74 bits per heavy atom. The summed E-state index contributed by atoms with van der Waals surface area (Å²) >= 11 is 0. The number of methoxy groups -OCH3 is 1. The molecule has 2 aliphatic rings. The zero-order valence-electron chi connectivity index (χ0n) is 19.1. The third-order valence-electron chi connectivity index (χ3n) is 6.31. The maximum Gasteiger partial charge on any atom is 0.416 e. The number of nitrogens with one attached hydrogen (secondary N) is 1. The van der Waals surface area contributed by atoms with Crippen molar-refractivity contribution in [3.63, 3.8) is 0 Å². The molecular formula is C24H27F3N4O3. The van der Waals surface area contributed by atoms with Crippen LogP contribution >= 0.6 is 0 Å². The molecule has 2 saturated heterocycles. The highest BCUT2D eigenvalue weighted by Crippen LogP contribution is 2.36. The number of amides is 2. The van der Waals surface area contributed by atoms with Crippen molar-refractivity contribution in [2.75, 3.05) is 62.0 Å². The van der Waals surface area contributed by atoms with Crippen LogP contribution in [0.2, 0.25) is 0 Å². The standard InChI is InChI=1S/C24H27F3N4O3/c1-29-9-11-30(12-10-29)21-8-3-17(24(25,26)27)14-20(21)28-23(33)16-13-22(32)31(15-16)18-4-6-19(34-2)7-5-18/h3-8,14,16H,9-13,15H2,1-2H3,(H,28,33). The number of piperazine rings is 1. The van der Waals surface area contributed by atoms with Gasteiger partial charge >= 0.3 is 6.18 Å². The van der Waals surface area contributed by atoms with E-state index in [1.54, 1.807) is 31.4 Å². The van der Waals surface area contributed by atoms with Gasteiger partial charge in [-0.05, 0) is 49.5 Å². The zero-order valence-corrected chi connectivity index (χ0v) is 19.1. The van der Waals surface area contributed by atoms with Crippen LogP contribution in [0.1, 0.15) is 12.0 Å². The molecule has 2 fully saturated rings. The molecule has 1 atom stereocenters. The van der Waals surface area contributed by atoms with Crippen LogP contribution < -0.4 is 19.9 Å². The fraction of sp³-hybridized carbons (Fsp3) is 0.417. The lowest BCUT2D eigenvalue weighted by Crippen LogP contribution is -2.44. The van der Waals surface area contributed by atoms with Gasteiger partial charge in [0.1, 0.15) is 5.75 Å². The van der Waals surface area contributed by atoms with E-state index in [2.05, 4.69) is 10.2 Å². The van der Waals surface area contributed by atoms with Gasteiger partial charge in [0.25, 0.3) is 0 Å². The number of hydrogen-bond acceptors (Lipinski definition) is 5. The number of alkyl halides is 3. The highest BCUT2D eigenvalue weighted by Gasteiger charge is 2.36. The molecule has 0 saturated carbocycles. The van der Waals surface area contributed by atoms with Crippen molar-refractivity contribution in [1.82, 2.24) is 4.90 Å². The normalized spacial score (nSPS) is 19.4. The third kappa shape index (κ3) is 5.11. The van der Waals surface area contributed by atoms with E-state index < -0.39 is 23.6 Å². The summed E-state index contributed by atoms with van der Waals surface area (Å²) < 4.78 is 45.3. The average molecular weight is 476 g/mol. The Morgan fingerprint density at radius 3 is 2.35 bits per heavy atom. The molecule has 2 aromatic carbocycles. The average Bonchev–Trinajstić information content (AvgIpc) is 3.21. The fourth-order valence-corrected chi connectivity index (χ4v) is 4.27. The number of benzene rings is 2. The number of ether oxygens (including phenoxy) is 1. The molecule has 4 rings (SSSR count). The van der Waals surface area contributed by atoms with Gasteiger partial charge in [-0.3, -0.25) is 9.59 Å². The molecule has 2 amide bonds. The van der Waals surface area contributed by atoms with Gasteiger partial charge in [0.2, 0.25) is 11.8 Å². The SMILES string of the molecule is COc1ccc(N2CC(C(=O)Nc3cc(C(F)(F)F)ccc3N3CCN(C)CC3)CC2=O)cc1. The first kappa shape index (κ1) is 23.9. The Balaban J connectivity index is 1.53. The molecule has 0 bridgehead atoms. The molecule has 2 aromatic rings. The van der Waals surface area contributed by atoms with Crippen molar-refractivity contribution in [2.45, 2.75) is 12.6 Å². The molecule has 2 aliphatic heterocycles. The Kier molecular flexibility index (Phi) is 6.70. The van der Waals surface area contributed by atoms with Gasteiger partial charge in [0, 0.05) is 44.8 Å². The Bertz CT molecular complexity index is 1050. The first-order chi connectivity index (χ1) is 16.2. The Morgan fingerprint density at radius 1 is 1.06 bits per heavy atom. The molecule has 182 valence electrons. The topological polar surface area (TPSA) is 65.1 Å². The number of carbonyl (C=O) groups is 2. The van der Waals surface area contributed by atoms with Crippen LogP contribution in [-0.4, -0.2) is 63.6 Å². The summed E-state index contributed by atoms with van der Waals surface area (Å²) in [5, 5.41) is 2.69. The monoisotopic (exact) mass is 476 g/mol. The molecule has 1 unspecified atom stereocenters. The minimum Gasteiger partial charge on any atom is -0.497 e. The van der Waals surface area contributed by atoms with E-state index in [4.69, 9.17) is 4.74 Å². The van der Waals surface area contributed by atoms with Crippen molar-refractivity contribution < 1.29 is 27.5 Å². The number of nitrogens with zero attached hydrogens (tertiary/aromatic N) is 3. The summed E-state index contributed by atoms with van der Waals surface area (Å²) in [6, 6.07) is 10.3. The summed E-state index contributed by atoms with van der Waals surface area (Å²) in [6.45, 7) is 2.96. The molecule has 1 N–H and O–H groups in total. The lowest BCUT2D eigenvalue weighted by Gasteiger charge is -2.35. The minimum atomic E-state index is -4.53. The molecule has 10 heteroatoms. The smallest absolute Gasteiger partial charge is 0.416 e. The van der Waals surface area contributed by atoms with Gasteiger partial charge < -0.3 is 24.8 Å². The highest BCUT2D eigenvalue weighted by atomic mass is 19.4. The molecule has 0 radical (unpaired) electrons. The lowest BCUT2D eigenvalue weighted by atomic mass is 10.1. The molecule has 2 heterocycles. The summed E-state index contributed by atoms with van der Waals surface area (Å²) in [7, 11) is 3.53. The van der Waals surface area contributed by atoms with Gasteiger partial charge in [0.15, 0.2) is 0 Å². The van der Waals surface area contributed by atoms with E-state index in [1.165, 1.54) is 11.0 Å². The molecular weight excluding hydrogens is 449 g/mol. The van der Waals surface area contributed by atoms with Gasteiger partial charge in [-0.2, -0.15) is 13.2 Å². The van der Waals surface area contributed by atoms with Crippen LogP contribution in [0.15, 0.2) is 42.5 Å². The van der Waals surface area contributed by atoms with Gasteiger partial charge in [-0.15, -0.1) is 0 Å². The Hall–Kier alpha value is -3.27. The number of hydrogen-bond donors (Lipinski definition) is 1. The molecule has 7 nitrogen and oxygen atoms in total. The first-order valence-electron chi connectivity index (χ1n) is 11.1. The molecule has 0 aliphatic carbocycles. The molecule has 0 aromatic heterocycles. The first-order valence-corrected chi connectivity index (χ1v) is 11.1. The van der Waals surface area contributed by atoms with E-state index in [0.717, 1.165) is 25.2 Å². The second-order valence-electron chi connectivity index (χ2n) is 8.61. The van der Waals surface area contributed by atoms with Gasteiger partial charge in [-0.25, -0.2) is 0 Å². The number of carbonyl (C=O) groups excluding carboxylic acids is 2. The quantitative estimate of drug-likeness (QED) is 0.716. The minimum absolute atomic E-state index is 0.0132. The van der Waals surface area contributed by atoms with E-state index in [9.17, 15) is 22.8 Å². The van der Waals surface area contributed by atoms with Crippen molar-refractivity contribution in [3.8, 4) is 5.75 Å². The van der Waals surface area contributed by atoms with Crippen LogP contribution in [0.3, 0.4) is 0 Å². The van der Waals surface area contributed by atoms with Crippen LogP contribution in [0.4, 0.5) is 30.2 Å². The summed E-state index contributed by atoms with van der Waals surface area (Å²) in [6.07, 6.45) is -4.55. The lowest BCUT2D eigenvalue weighted by molar-refractivity contribution is -0.137. The van der Waals surface area contributed by atoms with Crippen molar-refractivity contribution in [3.05, 3.63) is 48.0 Å². The highest BCUT2D eigenvalue weighted by molar-refractivity contribution is 6.04. The predicted molar refractivity (Wildman–Crippen MR) is 123 cm³/mol. The maximum absolute atomic E-state index is 13.4. The van der Waals surface area contributed by atoms with Crippen LogP contribution in [-0.2, 0) is 15.8 Å². The Labute approximate surface area is 196 Å². The number of halogens is 3. The van der Waals surface area contributed by atoms with E-state index in [0.29, 0.717) is 30.2 Å². The summed E-state index contributed by atoms with van der Waals surface area (Å²) in [4.78, 5) is 31.3. The maximum atomic E-state index is 13.4. The van der Waals surface area contributed by atoms with Gasteiger partial charge in [0.05, 0.1) is 30.0 Å². The third-order valence-corrected chi connectivity index (χ3v) is 6.31. The van der Waals surface area contributed by atoms with E-state index in [-0.39, 0.29) is 24.6 Å². The van der Waals surface area contributed by atoms with Crippen LogP contribution in [0, 0.1) is 5.92 Å². The number of likely N-dealkylation sites (N-methyl/N-ethyl adjacent to an activating group) is 1. The molecule has 0 spiro atoms. The van der Waals surface area contributed by atoms with Gasteiger partial charge in [-0.1, -0.05) is 0 Å². The van der Waals surface area contributed by atoms with E-state index in [1.807, 2.05) is 11.9 Å². The fourth-order valence-electron chi connectivity index (χ4n) is 4.27. The zero-order chi connectivity index (χ0) is 24.5. The summed E-state index contributed by atoms with van der Waals surface area (Å²) in [5.41, 5.74) is 0.465. The number of rotatable bonds is 5. The van der Waals surface area contributed by atoms with Crippen molar-refractivity contribution >= 4 is 28.9 Å². The van der Waals surface area contributed by atoms with Crippen molar-refractivity contribution in [2.24, 2.45) is 5.92 Å². The molecule has 34 heavy (non-hydrogen) atoms. The second kappa shape index (κ2) is 9.54. The van der Waals surface area contributed by atoms with Crippen LogP contribution in [0.25, 0.3) is 0 Å².